The van der Waals surface area contributed by atoms with Crippen molar-refractivity contribution in [2.75, 3.05) is 0 Å². The van der Waals surface area contributed by atoms with Crippen molar-refractivity contribution in [3.63, 3.8) is 0 Å². The lowest BCUT2D eigenvalue weighted by atomic mass is 10.0. The summed E-state index contributed by atoms with van der Waals surface area (Å²) in [6.45, 7) is 0.411. The Bertz CT molecular complexity index is 1910. The van der Waals surface area contributed by atoms with Crippen LogP contribution in [0.15, 0.2) is 109 Å². The van der Waals surface area contributed by atoms with Crippen molar-refractivity contribution in [3.8, 4) is 0 Å². The van der Waals surface area contributed by atoms with Gasteiger partial charge in [0.05, 0.1) is 0 Å². The SMILES string of the molecule is Fc1c2cccc1CN1Cc3cccc(c3F)CN3Cc4cccc(c4F)CN(C2)Cc2cccc(c2F)CN(Cc2cccc(c2F)C1)Cc1cccc(c1F)C3. The van der Waals surface area contributed by atoms with Crippen molar-refractivity contribution in [1.82, 2.24) is 19.6 Å². The largest absolute Gasteiger partial charge is 0.290 e. The van der Waals surface area contributed by atoms with Gasteiger partial charge in [0, 0.05) is 145 Å². The van der Waals surface area contributed by atoms with E-state index in [0.29, 0.717) is 66.8 Å². The van der Waals surface area contributed by atoms with Gasteiger partial charge in [-0.3, -0.25) is 19.6 Å². The molecule has 6 aromatic carbocycles. The first-order chi connectivity index (χ1) is 28.2. The highest BCUT2D eigenvalue weighted by atomic mass is 19.1. The Kier molecular flexibility index (Phi) is 10.7. The van der Waals surface area contributed by atoms with Crippen LogP contribution in [0.3, 0.4) is 0 Å². The van der Waals surface area contributed by atoms with Gasteiger partial charge in [0.25, 0.3) is 0 Å². The van der Waals surface area contributed by atoms with Gasteiger partial charge in [-0.2, -0.15) is 0 Å². The Labute approximate surface area is 334 Å². The third kappa shape index (κ3) is 7.82. The maximum Gasteiger partial charge on any atom is 0.132 e. The van der Waals surface area contributed by atoms with Crippen LogP contribution >= 0.6 is 0 Å². The average Bonchev–Trinajstić information content (AvgIpc) is 3.19. The maximum absolute atomic E-state index is 16.8. The third-order valence-electron chi connectivity index (χ3n) is 11.7. The first-order valence-corrected chi connectivity index (χ1v) is 19.6. The molecule has 10 heteroatoms. The van der Waals surface area contributed by atoms with Crippen LogP contribution < -0.4 is 0 Å². The van der Waals surface area contributed by atoms with E-state index in [-0.39, 0.29) is 78.5 Å². The summed E-state index contributed by atoms with van der Waals surface area (Å²) >= 11 is 0. The zero-order valence-corrected chi connectivity index (χ0v) is 31.9. The molecular formula is C48H42F6N4. The summed E-state index contributed by atoms with van der Waals surface area (Å²) in [7, 11) is 0. The minimum absolute atomic E-state index is 0.0343. The van der Waals surface area contributed by atoms with E-state index in [1.807, 2.05) is 19.6 Å². The van der Waals surface area contributed by atoms with E-state index in [9.17, 15) is 0 Å². The first-order valence-electron chi connectivity index (χ1n) is 19.6. The lowest BCUT2D eigenvalue weighted by Crippen LogP contribution is -2.29. The second kappa shape index (κ2) is 16.2. The van der Waals surface area contributed by atoms with Gasteiger partial charge in [0.15, 0.2) is 0 Å². The third-order valence-corrected chi connectivity index (χ3v) is 11.7. The van der Waals surface area contributed by atoms with Crippen molar-refractivity contribution in [1.29, 1.82) is 0 Å². The molecular weight excluding hydrogens is 747 g/mol. The van der Waals surface area contributed by atoms with Gasteiger partial charge in [0.1, 0.15) is 34.9 Å². The number of hydrogen-bond donors (Lipinski definition) is 0. The molecule has 10 rings (SSSR count). The summed E-state index contributed by atoms with van der Waals surface area (Å²) in [5.41, 5.74) is 3.96. The van der Waals surface area contributed by atoms with Crippen molar-refractivity contribution < 1.29 is 26.3 Å². The van der Waals surface area contributed by atoms with Crippen LogP contribution in [0, 0.1) is 34.9 Å². The smallest absolute Gasteiger partial charge is 0.132 e. The second-order valence-corrected chi connectivity index (χ2v) is 15.9. The molecule has 6 aromatic rings. The van der Waals surface area contributed by atoms with Gasteiger partial charge in [-0.05, 0) is 0 Å². The maximum atomic E-state index is 16.8. The van der Waals surface area contributed by atoms with Gasteiger partial charge in [-0.15, -0.1) is 0 Å². The predicted octanol–water partition coefficient (Wildman–Crippen LogP) is 10.3. The molecule has 0 amide bonds. The van der Waals surface area contributed by atoms with E-state index < -0.39 is 34.9 Å². The van der Waals surface area contributed by atoms with Crippen LogP contribution in [0.1, 0.15) is 66.8 Å². The molecule has 0 atom stereocenters. The van der Waals surface area contributed by atoms with Crippen LogP contribution in [0.5, 0.6) is 0 Å². The van der Waals surface area contributed by atoms with E-state index >= 15 is 26.3 Å². The van der Waals surface area contributed by atoms with Crippen molar-refractivity contribution in [3.05, 3.63) is 211 Å². The zero-order chi connectivity index (χ0) is 39.9. The molecule has 0 N–H and O–H groups in total. The van der Waals surface area contributed by atoms with Crippen LogP contribution in [-0.2, 0) is 78.5 Å². The molecule has 16 bridgehead atoms. The summed E-state index contributed by atoms with van der Waals surface area (Å²) in [6, 6.07) is 30.5. The Morgan fingerprint density at radius 3 is 0.414 bits per heavy atom. The summed E-state index contributed by atoms with van der Waals surface area (Å²) in [6.07, 6.45) is 0. The number of rotatable bonds is 0. The molecule has 0 saturated heterocycles. The normalized spacial score (nSPS) is 20.8. The summed E-state index contributed by atoms with van der Waals surface area (Å²) in [4.78, 5) is 7.37. The molecule has 0 aromatic heterocycles. The number of nitrogens with zero attached hydrogens (tertiary/aromatic N) is 4. The van der Waals surface area contributed by atoms with Crippen LogP contribution in [0.4, 0.5) is 26.3 Å². The molecule has 0 aliphatic carbocycles. The Balaban J connectivity index is 1.31. The van der Waals surface area contributed by atoms with Gasteiger partial charge < -0.3 is 0 Å². The molecule has 0 radical (unpaired) electrons. The lowest BCUT2D eigenvalue weighted by Gasteiger charge is -2.29. The van der Waals surface area contributed by atoms with Crippen molar-refractivity contribution in [2.24, 2.45) is 0 Å². The monoisotopic (exact) mass is 788 g/mol. The molecule has 58 heavy (non-hydrogen) atoms. The highest BCUT2D eigenvalue weighted by Gasteiger charge is 2.26. The zero-order valence-electron chi connectivity index (χ0n) is 31.9. The number of halogens is 6. The number of hydrogen-bond acceptors (Lipinski definition) is 4. The fraction of sp³-hybridized carbons (Fsp3) is 0.250. The van der Waals surface area contributed by atoms with Gasteiger partial charge in [-0.1, -0.05) is 109 Å². The number of benzene rings is 6. The summed E-state index contributed by atoms with van der Waals surface area (Å²) < 4.78 is 101. The van der Waals surface area contributed by atoms with E-state index in [2.05, 4.69) is 0 Å². The summed E-state index contributed by atoms with van der Waals surface area (Å²) in [5, 5.41) is 0. The first kappa shape index (κ1) is 38.3. The molecule has 296 valence electrons. The van der Waals surface area contributed by atoms with Crippen LogP contribution in [0.25, 0.3) is 0 Å². The fourth-order valence-electron chi connectivity index (χ4n) is 8.82. The summed E-state index contributed by atoms with van der Waals surface area (Å²) in [5.74, 6) is -2.90. The fourth-order valence-corrected chi connectivity index (χ4v) is 8.82. The molecule has 0 spiro atoms. The Hall–Kier alpha value is -5.26. The molecule has 4 heterocycles. The molecule has 0 fully saturated rings. The van der Waals surface area contributed by atoms with E-state index in [1.54, 1.807) is 109 Å². The highest BCUT2D eigenvalue weighted by Crippen LogP contribution is 2.30. The topological polar surface area (TPSA) is 13.0 Å². The van der Waals surface area contributed by atoms with Gasteiger partial charge in [-0.25, -0.2) is 26.3 Å². The molecule has 4 nitrogen and oxygen atoms in total. The minimum Gasteiger partial charge on any atom is -0.290 e. The van der Waals surface area contributed by atoms with Gasteiger partial charge >= 0.3 is 0 Å². The Morgan fingerprint density at radius 2 is 0.310 bits per heavy atom. The average molecular weight is 789 g/mol. The minimum atomic E-state index is -0.484. The predicted molar refractivity (Wildman–Crippen MR) is 210 cm³/mol. The second-order valence-electron chi connectivity index (χ2n) is 15.9. The highest BCUT2D eigenvalue weighted by molar-refractivity contribution is 5.34. The van der Waals surface area contributed by atoms with E-state index in [0.717, 1.165) is 0 Å². The van der Waals surface area contributed by atoms with Crippen LogP contribution in [-0.4, -0.2) is 19.6 Å². The lowest BCUT2D eigenvalue weighted by molar-refractivity contribution is 0.216. The van der Waals surface area contributed by atoms with Crippen molar-refractivity contribution in [2.45, 2.75) is 78.5 Å². The van der Waals surface area contributed by atoms with E-state index in [1.165, 1.54) is 0 Å². The quantitative estimate of drug-likeness (QED) is 0.142. The van der Waals surface area contributed by atoms with Crippen molar-refractivity contribution >= 4 is 0 Å². The molecule has 4 aliphatic heterocycles. The Morgan fingerprint density at radius 1 is 0.207 bits per heavy atom. The molecule has 0 unspecified atom stereocenters. The standard InChI is InChI=1S/C48H42F6N4/c49-43-31-7-1-8-32(43)20-56-23-35-11-4-14-38(46(35)52)26-57-25-37-13-2-9-33(44(37)50)21-55(19-31)22-34-10-3-15-39(45(34)51)27-58(28-40-16-5-12-36(24-56)47(40)53)30-42-18-6-17-41(29-57)48(42)54/h1-18H,19-30H2. The van der Waals surface area contributed by atoms with E-state index in [4.69, 9.17) is 0 Å². The van der Waals surface area contributed by atoms with Crippen LogP contribution in [0.2, 0.25) is 0 Å². The molecule has 0 saturated carbocycles. The van der Waals surface area contributed by atoms with Gasteiger partial charge in [0.2, 0.25) is 0 Å². The molecule has 4 aliphatic rings.